The van der Waals surface area contributed by atoms with Crippen LogP contribution >= 0.6 is 0 Å². The van der Waals surface area contributed by atoms with Crippen LogP contribution in [0.25, 0.3) is 0 Å². The molecule has 0 radical (unpaired) electrons. The van der Waals surface area contributed by atoms with Gasteiger partial charge in [0.1, 0.15) is 0 Å². The van der Waals surface area contributed by atoms with E-state index in [0.717, 1.165) is 5.92 Å². The average molecular weight is 244 g/mol. The molecule has 1 aromatic carbocycles. The Morgan fingerprint density at radius 2 is 2.06 bits per heavy atom. The van der Waals surface area contributed by atoms with E-state index in [4.69, 9.17) is 0 Å². The van der Waals surface area contributed by atoms with Gasteiger partial charge in [0.2, 0.25) is 0 Å². The van der Waals surface area contributed by atoms with E-state index in [0.29, 0.717) is 5.41 Å². The number of likely N-dealkylation sites (N-methyl/N-ethyl adjacent to an activating group) is 1. The molecule has 2 heterocycles. The Balaban J connectivity index is 1.93. The van der Waals surface area contributed by atoms with Crippen LogP contribution in [0.3, 0.4) is 0 Å². The lowest BCUT2D eigenvalue weighted by atomic mass is 9.68. The zero-order chi connectivity index (χ0) is 12.6. The number of likely N-dealkylation sites (tertiary alicyclic amines) is 1. The molecule has 1 spiro atoms. The minimum atomic E-state index is 0.522. The van der Waals surface area contributed by atoms with Gasteiger partial charge in [0.05, 0.1) is 0 Å². The Labute approximate surface area is 110 Å². The van der Waals surface area contributed by atoms with Gasteiger partial charge in [-0.3, -0.25) is 0 Å². The number of hydrogen-bond acceptors (Lipinski definition) is 2. The quantitative estimate of drug-likeness (QED) is 0.816. The molecule has 2 aliphatic rings. The van der Waals surface area contributed by atoms with Crippen LogP contribution in [0.4, 0.5) is 0 Å². The highest BCUT2D eigenvalue weighted by Crippen LogP contribution is 2.48. The van der Waals surface area contributed by atoms with E-state index >= 15 is 0 Å². The Morgan fingerprint density at radius 1 is 1.28 bits per heavy atom. The first-order chi connectivity index (χ1) is 8.70. The monoisotopic (exact) mass is 244 g/mol. The van der Waals surface area contributed by atoms with Crippen LogP contribution in [0.1, 0.15) is 29.9 Å². The van der Waals surface area contributed by atoms with Crippen LogP contribution < -0.4 is 5.32 Å². The standard InChI is InChI=1S/C16H24N2/c1-13-4-3-5-14(10-13)15-11-18(2)12-16(15)6-8-17-9-7-16/h3-5,10,15,17H,6-9,11-12H2,1-2H3. The van der Waals surface area contributed by atoms with Gasteiger partial charge in [-0.1, -0.05) is 29.8 Å². The number of benzene rings is 1. The number of piperidine rings is 1. The lowest BCUT2D eigenvalue weighted by molar-refractivity contribution is 0.187. The SMILES string of the molecule is Cc1cccc(C2CN(C)CC23CCNCC3)c1. The summed E-state index contributed by atoms with van der Waals surface area (Å²) in [6.07, 6.45) is 2.66. The van der Waals surface area contributed by atoms with E-state index in [-0.39, 0.29) is 0 Å². The van der Waals surface area contributed by atoms with Crippen molar-refractivity contribution < 1.29 is 0 Å². The number of nitrogens with one attached hydrogen (secondary N) is 1. The molecular weight excluding hydrogens is 220 g/mol. The maximum Gasteiger partial charge on any atom is 0.00533 e. The topological polar surface area (TPSA) is 15.3 Å². The maximum atomic E-state index is 3.52. The van der Waals surface area contributed by atoms with Crippen molar-refractivity contribution in [3.8, 4) is 0 Å². The molecule has 1 atom stereocenters. The van der Waals surface area contributed by atoms with Gasteiger partial charge in [0, 0.05) is 19.0 Å². The first-order valence-corrected chi connectivity index (χ1v) is 7.15. The summed E-state index contributed by atoms with van der Waals surface area (Å²) in [5, 5.41) is 3.52. The fourth-order valence-corrected chi connectivity index (χ4v) is 3.99. The van der Waals surface area contributed by atoms with Crippen molar-refractivity contribution in [2.45, 2.75) is 25.7 Å². The van der Waals surface area contributed by atoms with E-state index in [2.05, 4.69) is 48.5 Å². The van der Waals surface area contributed by atoms with Gasteiger partial charge in [-0.15, -0.1) is 0 Å². The zero-order valence-electron chi connectivity index (χ0n) is 11.6. The lowest BCUT2D eigenvalue weighted by Crippen LogP contribution is -2.41. The Morgan fingerprint density at radius 3 is 2.78 bits per heavy atom. The van der Waals surface area contributed by atoms with Crippen LogP contribution in [-0.2, 0) is 0 Å². The number of nitrogens with zero attached hydrogens (tertiary/aromatic N) is 1. The van der Waals surface area contributed by atoms with Crippen molar-refractivity contribution in [2.24, 2.45) is 5.41 Å². The summed E-state index contributed by atoms with van der Waals surface area (Å²) in [5.74, 6) is 0.726. The largest absolute Gasteiger partial charge is 0.317 e. The summed E-state index contributed by atoms with van der Waals surface area (Å²) >= 11 is 0. The highest BCUT2D eigenvalue weighted by Gasteiger charge is 2.46. The molecule has 0 saturated carbocycles. The normalized spacial score (nSPS) is 27.8. The van der Waals surface area contributed by atoms with Crippen molar-refractivity contribution in [2.75, 3.05) is 33.2 Å². The second kappa shape index (κ2) is 4.67. The second-order valence-corrected chi connectivity index (χ2v) is 6.28. The molecule has 1 unspecified atom stereocenters. The van der Waals surface area contributed by atoms with Crippen LogP contribution in [0, 0.1) is 12.3 Å². The fraction of sp³-hybridized carbons (Fsp3) is 0.625. The summed E-state index contributed by atoms with van der Waals surface area (Å²) in [6, 6.07) is 9.16. The molecule has 98 valence electrons. The van der Waals surface area contributed by atoms with Gasteiger partial charge in [-0.25, -0.2) is 0 Å². The van der Waals surface area contributed by atoms with E-state index < -0.39 is 0 Å². The molecule has 0 bridgehead atoms. The first-order valence-electron chi connectivity index (χ1n) is 7.15. The average Bonchev–Trinajstić information content (AvgIpc) is 2.67. The Bertz CT molecular complexity index is 421. The first kappa shape index (κ1) is 12.2. The molecule has 2 aliphatic heterocycles. The number of rotatable bonds is 1. The molecule has 18 heavy (non-hydrogen) atoms. The van der Waals surface area contributed by atoms with Crippen molar-refractivity contribution in [3.63, 3.8) is 0 Å². The molecule has 2 nitrogen and oxygen atoms in total. The van der Waals surface area contributed by atoms with E-state index in [1.807, 2.05) is 0 Å². The molecule has 0 aliphatic carbocycles. The summed E-state index contributed by atoms with van der Waals surface area (Å²) < 4.78 is 0. The third kappa shape index (κ3) is 2.08. The molecule has 2 fully saturated rings. The summed E-state index contributed by atoms with van der Waals surface area (Å²) in [6.45, 7) is 7.08. The van der Waals surface area contributed by atoms with Gasteiger partial charge in [-0.05, 0) is 50.9 Å². The van der Waals surface area contributed by atoms with E-state index in [1.54, 1.807) is 5.56 Å². The molecule has 3 rings (SSSR count). The van der Waals surface area contributed by atoms with Gasteiger partial charge in [-0.2, -0.15) is 0 Å². The van der Waals surface area contributed by atoms with Crippen molar-refractivity contribution >= 4 is 0 Å². The minimum Gasteiger partial charge on any atom is -0.317 e. The predicted molar refractivity (Wildman–Crippen MR) is 76.0 cm³/mol. The molecule has 0 aromatic heterocycles. The Kier molecular flexibility index (Phi) is 3.16. The lowest BCUT2D eigenvalue weighted by Gasteiger charge is -2.39. The zero-order valence-corrected chi connectivity index (χ0v) is 11.6. The summed E-state index contributed by atoms with van der Waals surface area (Å²) in [4.78, 5) is 2.53. The fourth-order valence-electron chi connectivity index (χ4n) is 3.99. The minimum absolute atomic E-state index is 0.522. The summed E-state index contributed by atoms with van der Waals surface area (Å²) in [7, 11) is 2.28. The Hall–Kier alpha value is -0.860. The highest BCUT2D eigenvalue weighted by molar-refractivity contribution is 5.29. The van der Waals surface area contributed by atoms with Crippen LogP contribution in [0.5, 0.6) is 0 Å². The van der Waals surface area contributed by atoms with Crippen LogP contribution in [-0.4, -0.2) is 38.1 Å². The number of hydrogen-bond donors (Lipinski definition) is 1. The third-order valence-corrected chi connectivity index (χ3v) is 4.86. The van der Waals surface area contributed by atoms with Crippen molar-refractivity contribution in [1.82, 2.24) is 10.2 Å². The maximum absolute atomic E-state index is 3.52. The van der Waals surface area contributed by atoms with Crippen LogP contribution in [0.15, 0.2) is 24.3 Å². The molecule has 2 saturated heterocycles. The molecule has 1 N–H and O–H groups in total. The number of aryl methyl sites for hydroxylation is 1. The smallest absolute Gasteiger partial charge is 0.00533 e. The molecular formula is C16H24N2. The van der Waals surface area contributed by atoms with Gasteiger partial charge in [0.15, 0.2) is 0 Å². The third-order valence-electron chi connectivity index (χ3n) is 4.86. The molecule has 2 heteroatoms. The molecule has 0 amide bonds. The van der Waals surface area contributed by atoms with Crippen molar-refractivity contribution in [1.29, 1.82) is 0 Å². The molecule has 1 aromatic rings. The highest BCUT2D eigenvalue weighted by atomic mass is 15.1. The van der Waals surface area contributed by atoms with Crippen LogP contribution in [0.2, 0.25) is 0 Å². The second-order valence-electron chi connectivity index (χ2n) is 6.28. The van der Waals surface area contributed by atoms with Crippen molar-refractivity contribution in [3.05, 3.63) is 35.4 Å². The van der Waals surface area contributed by atoms with E-state index in [1.165, 1.54) is 44.6 Å². The summed E-state index contributed by atoms with van der Waals surface area (Å²) in [5.41, 5.74) is 3.47. The van der Waals surface area contributed by atoms with E-state index in [9.17, 15) is 0 Å². The van der Waals surface area contributed by atoms with Gasteiger partial charge >= 0.3 is 0 Å². The van der Waals surface area contributed by atoms with Gasteiger partial charge in [0.25, 0.3) is 0 Å². The van der Waals surface area contributed by atoms with Gasteiger partial charge < -0.3 is 10.2 Å². The predicted octanol–water partition coefficient (Wildman–Crippen LogP) is 2.39.